The van der Waals surface area contributed by atoms with Gasteiger partial charge in [0.15, 0.2) is 0 Å². The number of nitrogen functional groups attached to an aromatic ring is 1. The SMILES string of the molecule is NC(=O)CC1NC(=O)c2cc(Oc3ccccc3)ccc2NC1=O.NC(CC(=O)O)C(=O)O.Nc1ccc(Oc2ccccc2)cc1C(=O)O.O.O=C(O)CC1NC(=O)c2cc(Oc3ccccc3)ccc2NC1=O.O=C(O)c1cc(Cl)ccc1[N+](=O)[O-].O=C(O)c1cc(Oc2ccccc2)ccc1[N+](=O)[O-].O=C(OC(Cl)(Cl)Cl)OC(Cl)(Cl)Cl.O=c1[nH]c2ccc(Oc3ccccc3)cc2c(=O)o1. The van der Waals surface area contributed by atoms with E-state index in [2.05, 4.69) is 40.1 Å². The van der Waals surface area contributed by atoms with Gasteiger partial charge >= 0.3 is 61.3 Å². The van der Waals surface area contributed by atoms with Crippen molar-refractivity contribution in [3.63, 3.8) is 0 Å². The fraction of sp³-hybridized carbons (Fsp3) is 0.0909. The topological polar surface area (TPSA) is 698 Å². The fourth-order valence-corrected chi connectivity index (χ4v) is 11.3. The summed E-state index contributed by atoms with van der Waals surface area (Å²) in [6.07, 6.45) is -2.69. The van der Waals surface area contributed by atoms with E-state index in [1.54, 1.807) is 115 Å². The number of anilines is 3. The molecule has 3 heterocycles. The number of amides is 5. The van der Waals surface area contributed by atoms with Crippen molar-refractivity contribution in [2.75, 3.05) is 16.4 Å². The molecule has 43 nitrogen and oxygen atoms in total. The molecule has 50 heteroatoms. The molecule has 720 valence electrons. The number of benzene rings is 11. The number of halogens is 7. The van der Waals surface area contributed by atoms with Gasteiger partial charge < -0.3 is 112 Å². The number of para-hydroxylation sites is 5. The van der Waals surface area contributed by atoms with Gasteiger partial charge in [-0.2, -0.15) is 0 Å². The molecule has 14 rings (SSSR count). The van der Waals surface area contributed by atoms with Crippen LogP contribution in [0.1, 0.15) is 71.1 Å². The number of aromatic carboxylic acids is 3. The standard InChI is InChI=1S/C17H15N3O4.C17H14N2O5.C14H9NO4.C13H9NO5.C13H11NO3.C7H4ClNO4.C4H7NO4.C3Cl6O3.H2O/c18-15(21)9-14-17(23)19-13-7-6-11(8-12(13)16(22)20-14)24-10-4-2-1-3-5-10;20-15(21)9-14-17(23)18-13-7-6-11(8-12(13)16(22)19-14)24-10-4-2-1-3-5-10;16-13-11-8-10(18-9-4-2-1-3-5-9)6-7-12(11)15-14(17)19-13;15-13(16)11-8-10(6-7-12(11)14(17)18)19-9-4-2-1-3-5-9;14-12-7-6-10(8-11(12)13(15)16)17-9-4-2-1-3-5-9;8-4-1-2-6(9(12)13)5(3-4)7(10)11;5-2(4(8)9)1-3(6)7;4-2(5,6)11-1(10)12-3(7,8)9;/h1-8,14H,9H2,(H2,18,21)(H,19,23)(H,20,22);1-8,14H,9H2,(H,18,23)(H,19,22)(H,20,21);1-8H,(H,15,17);1-8H,(H,15,16);1-8H,14H2,(H,15,16);1-3H,(H,10,11);2H,1,5H2,(H,6,7)(H,8,9);;1H2. The summed E-state index contributed by atoms with van der Waals surface area (Å²) in [4.78, 5) is 178. The van der Waals surface area contributed by atoms with E-state index in [4.69, 9.17) is 153 Å². The molecule has 3 unspecified atom stereocenters. The smallest absolute Gasteiger partial charge is 0.481 e. The molecule has 0 spiro atoms. The van der Waals surface area contributed by atoms with E-state index in [0.717, 1.165) is 24.3 Å². The number of aromatic amines is 1. The van der Waals surface area contributed by atoms with Gasteiger partial charge in [-0.3, -0.25) is 63.6 Å². The second kappa shape index (κ2) is 52.7. The van der Waals surface area contributed by atoms with Crippen molar-refractivity contribution in [1.82, 2.24) is 15.6 Å². The second-order valence-corrected chi connectivity index (χ2v) is 31.5. The third-order valence-corrected chi connectivity index (χ3v) is 17.4. The zero-order valence-electron chi connectivity index (χ0n) is 69.7. The first-order valence-electron chi connectivity index (χ1n) is 38.1. The van der Waals surface area contributed by atoms with Crippen LogP contribution in [0.25, 0.3) is 10.9 Å². The number of ether oxygens (including phenoxy) is 7. The number of nitrogens with two attached hydrogens (primary N) is 3. The van der Waals surface area contributed by atoms with E-state index in [-0.39, 0.29) is 50.4 Å². The molecular formula is C88H71Cl7N10O33. The molecule has 0 saturated carbocycles. The van der Waals surface area contributed by atoms with Crippen LogP contribution in [-0.2, 0) is 38.2 Å². The quantitative estimate of drug-likeness (QED) is 0.00985. The second-order valence-electron chi connectivity index (χ2n) is 26.7. The van der Waals surface area contributed by atoms with Gasteiger partial charge in [0.05, 0.1) is 68.1 Å². The molecule has 12 aromatic rings. The number of hydrogen-bond donors (Lipinski definition) is 14. The first-order valence-corrected chi connectivity index (χ1v) is 40.7. The molecule has 138 heavy (non-hydrogen) atoms. The molecule has 1 aromatic heterocycles. The number of alkyl halides is 6. The number of nitro benzene ring substituents is 2. The predicted molar refractivity (Wildman–Crippen MR) is 497 cm³/mol. The van der Waals surface area contributed by atoms with E-state index < -0.39 is 154 Å². The Morgan fingerprint density at radius 3 is 1.12 bits per heavy atom. The largest absolute Gasteiger partial charge is 0.515 e. The van der Waals surface area contributed by atoms with E-state index in [0.29, 0.717) is 68.6 Å². The van der Waals surface area contributed by atoms with Gasteiger partial charge in [-0.15, -0.1) is 0 Å². The Hall–Kier alpha value is -16.7. The summed E-state index contributed by atoms with van der Waals surface area (Å²) >= 11 is 35.7. The maximum Gasteiger partial charge on any atom is 0.515 e. The minimum atomic E-state index is -2.24. The summed E-state index contributed by atoms with van der Waals surface area (Å²) in [5.74, 6) is -5.85. The van der Waals surface area contributed by atoms with Crippen molar-refractivity contribution in [3.05, 3.63) is 335 Å². The number of H-pyrrole nitrogens is 1. The Bertz CT molecular complexity index is 6380. The zero-order valence-corrected chi connectivity index (χ0v) is 75.0. The van der Waals surface area contributed by atoms with E-state index in [9.17, 15) is 87.4 Å². The van der Waals surface area contributed by atoms with Crippen LogP contribution in [0.15, 0.2) is 275 Å². The lowest BCUT2D eigenvalue weighted by Gasteiger charge is -2.15. The first kappa shape index (κ1) is 110. The number of nitrogens with zero attached hydrogens (tertiary/aromatic N) is 2. The van der Waals surface area contributed by atoms with E-state index >= 15 is 0 Å². The summed E-state index contributed by atoms with van der Waals surface area (Å²) in [5, 5.41) is 82.9. The van der Waals surface area contributed by atoms with Crippen molar-refractivity contribution in [3.8, 4) is 57.5 Å². The Labute approximate surface area is 809 Å². The minimum Gasteiger partial charge on any atom is -0.481 e. The van der Waals surface area contributed by atoms with Crippen LogP contribution in [0, 0.1) is 20.2 Å². The molecule has 11 aromatic carbocycles. The van der Waals surface area contributed by atoms with Crippen molar-refractivity contribution in [1.29, 1.82) is 0 Å². The summed E-state index contributed by atoms with van der Waals surface area (Å²) in [6, 6.07) is 67.6. The molecule has 2 aliphatic heterocycles. The molecule has 0 saturated heterocycles. The van der Waals surface area contributed by atoms with Crippen LogP contribution in [0.5, 0.6) is 57.5 Å². The third kappa shape index (κ3) is 37.4. The minimum absolute atomic E-state index is 0. The van der Waals surface area contributed by atoms with Gasteiger partial charge in [0, 0.05) is 28.9 Å². The Morgan fingerprint density at radius 2 is 0.775 bits per heavy atom. The lowest BCUT2D eigenvalue weighted by molar-refractivity contribution is -0.385. The highest BCUT2D eigenvalue weighted by Crippen LogP contribution is 2.36. The highest BCUT2D eigenvalue weighted by Gasteiger charge is 2.35. The number of rotatable bonds is 22. The summed E-state index contributed by atoms with van der Waals surface area (Å²) in [7, 11) is 0. The van der Waals surface area contributed by atoms with Crippen LogP contribution in [0.3, 0.4) is 0 Å². The average Bonchev–Trinajstić information content (AvgIpc) is 1.78. The van der Waals surface area contributed by atoms with Gasteiger partial charge in [-0.05, 0) is 221 Å². The monoisotopic (exact) mass is 2040 g/mol. The molecule has 3 atom stereocenters. The van der Waals surface area contributed by atoms with Crippen molar-refractivity contribution >= 4 is 192 Å². The van der Waals surface area contributed by atoms with Gasteiger partial charge in [-0.25, -0.2) is 28.8 Å². The number of nitrogens with one attached hydrogen (secondary N) is 5. The molecule has 0 fully saturated rings. The summed E-state index contributed by atoms with van der Waals surface area (Å²) in [6.45, 7) is 0. The highest BCUT2D eigenvalue weighted by molar-refractivity contribution is 6.67. The molecule has 5 amide bonds. The highest BCUT2D eigenvalue weighted by atomic mass is 35.6. The summed E-state index contributed by atoms with van der Waals surface area (Å²) < 4.78 is 35.9. The van der Waals surface area contributed by atoms with Gasteiger partial charge in [0.25, 0.3) is 23.2 Å². The van der Waals surface area contributed by atoms with Crippen LogP contribution in [0.2, 0.25) is 5.02 Å². The number of carboxylic acid groups (broad SMARTS) is 6. The number of carbonyl (C=O) groups excluding carboxylic acids is 6. The molecule has 2 aliphatic rings. The molecule has 0 radical (unpaired) electrons. The maximum atomic E-state index is 12.3. The number of fused-ring (bicyclic) bond motifs is 3. The molecule has 0 aliphatic carbocycles. The van der Waals surface area contributed by atoms with Crippen molar-refractivity contribution in [2.24, 2.45) is 11.5 Å². The van der Waals surface area contributed by atoms with Gasteiger partial charge in [0.1, 0.15) is 86.7 Å². The average molecular weight is 2040 g/mol. The van der Waals surface area contributed by atoms with Crippen LogP contribution in [-0.4, -0.2) is 149 Å². The Kier molecular flexibility index (Phi) is 42.0. The normalized spacial score (nSPS) is 12.6. The van der Waals surface area contributed by atoms with Crippen molar-refractivity contribution in [2.45, 2.75) is 45.3 Å². The van der Waals surface area contributed by atoms with Crippen LogP contribution < -0.4 is 73.5 Å². The van der Waals surface area contributed by atoms with Crippen LogP contribution >= 0.6 is 81.2 Å². The lowest BCUT2D eigenvalue weighted by atomic mass is 10.1. The van der Waals surface area contributed by atoms with Crippen molar-refractivity contribution < 1.29 is 141 Å². The van der Waals surface area contributed by atoms with Gasteiger partial charge in [0.2, 0.25) is 17.7 Å². The number of aromatic nitrogens is 1. The maximum absolute atomic E-state index is 12.3. The number of nitro groups is 2. The lowest BCUT2D eigenvalue weighted by Crippen LogP contribution is -2.43. The van der Waals surface area contributed by atoms with E-state index in [1.807, 2.05) is 78.9 Å². The number of carbonyl (C=O) groups is 12. The fourth-order valence-electron chi connectivity index (χ4n) is 10.8. The van der Waals surface area contributed by atoms with Gasteiger partial charge in [-0.1, -0.05) is 103 Å². The molecule has 0 bridgehead atoms. The Balaban J connectivity index is 0.000000246. The Morgan fingerprint density at radius 1 is 0.435 bits per heavy atom. The third-order valence-electron chi connectivity index (χ3n) is 16.7. The number of carboxylic acids is 6. The predicted octanol–water partition coefficient (Wildman–Crippen LogP) is 15.3. The number of hydrogen-bond acceptors (Lipinski definition) is 28. The number of aliphatic carboxylic acids is 3. The zero-order chi connectivity index (χ0) is 101. The molecule has 19 N–H and O–H groups in total. The van der Waals surface area contributed by atoms with Crippen LogP contribution in [0.4, 0.5) is 33.2 Å². The first-order chi connectivity index (χ1) is 64.7. The summed E-state index contributed by atoms with van der Waals surface area (Å²) in [5.41, 5.74) is 14.9. The van der Waals surface area contributed by atoms with E-state index in [1.165, 1.54) is 42.5 Å². The number of primary amides is 1. The molecular weight excluding hydrogens is 1970 g/mol.